The average Bonchev–Trinajstić information content (AvgIpc) is 3.62. The third kappa shape index (κ3) is 4.09. The Bertz CT molecular complexity index is 1890. The number of benzene rings is 1. The fourth-order valence-electron chi connectivity index (χ4n) is 5.01. The molecule has 0 aliphatic carbocycles. The molecule has 6 rings (SSSR count). The Morgan fingerprint density at radius 3 is 2.50 bits per heavy atom. The second-order valence-electron chi connectivity index (χ2n) is 9.97. The highest BCUT2D eigenvalue weighted by molar-refractivity contribution is 7.17. The number of hydrogen-bond donors (Lipinski definition) is 0. The molecule has 0 bridgehead atoms. The molecule has 38 heavy (non-hydrogen) atoms. The third-order valence-electron chi connectivity index (χ3n) is 6.77. The maximum atomic E-state index is 14.1. The summed E-state index contributed by atoms with van der Waals surface area (Å²) in [7, 11) is 1.95. The lowest BCUT2D eigenvalue weighted by atomic mass is 10.1. The standard InChI is InChI=1S/C29H28N6O2S/c1-19(2)15-33-27-25(28(36)34(29(33)37)17-21-9-6-7-13-30-21)26(23-11-8-14-32(23)3)35(31-27)16-20-18-38-24-12-5-4-10-22(20)24/h4-14,18-19H,15-17H2,1-3H3. The van der Waals surface area contributed by atoms with Gasteiger partial charge >= 0.3 is 5.69 Å². The summed E-state index contributed by atoms with van der Waals surface area (Å²) < 4.78 is 8.02. The Morgan fingerprint density at radius 2 is 1.76 bits per heavy atom. The Kier molecular flexibility index (Phi) is 6.07. The molecule has 0 radical (unpaired) electrons. The second-order valence-corrected chi connectivity index (χ2v) is 10.9. The number of thiophene rings is 1. The van der Waals surface area contributed by atoms with Crippen molar-refractivity contribution in [2.75, 3.05) is 0 Å². The molecule has 5 aromatic heterocycles. The lowest BCUT2D eigenvalue weighted by molar-refractivity contribution is 0.491. The number of aromatic nitrogens is 6. The van der Waals surface area contributed by atoms with Crippen molar-refractivity contribution < 1.29 is 0 Å². The molecule has 9 heteroatoms. The minimum absolute atomic E-state index is 0.0967. The molecule has 1 aromatic carbocycles. The van der Waals surface area contributed by atoms with Gasteiger partial charge < -0.3 is 4.57 Å². The van der Waals surface area contributed by atoms with E-state index in [0.717, 1.165) is 11.3 Å². The predicted octanol–water partition coefficient (Wildman–Crippen LogP) is 4.73. The molecule has 0 spiro atoms. The Morgan fingerprint density at radius 1 is 0.947 bits per heavy atom. The maximum absolute atomic E-state index is 14.1. The molecule has 0 saturated heterocycles. The monoisotopic (exact) mass is 524 g/mol. The van der Waals surface area contributed by atoms with E-state index >= 15 is 0 Å². The summed E-state index contributed by atoms with van der Waals surface area (Å²) in [6.45, 7) is 5.13. The highest BCUT2D eigenvalue weighted by atomic mass is 32.1. The largest absolute Gasteiger partial charge is 0.349 e. The molecule has 0 saturated carbocycles. The minimum atomic E-state index is -0.370. The van der Waals surface area contributed by atoms with Crippen LogP contribution in [0, 0.1) is 5.92 Å². The zero-order valence-electron chi connectivity index (χ0n) is 21.5. The van der Waals surface area contributed by atoms with Gasteiger partial charge in [0.1, 0.15) is 11.1 Å². The van der Waals surface area contributed by atoms with E-state index in [0.29, 0.717) is 35.5 Å². The molecular formula is C29H28N6O2S. The molecule has 0 amide bonds. The van der Waals surface area contributed by atoms with Gasteiger partial charge in [-0.05, 0) is 52.6 Å². The van der Waals surface area contributed by atoms with Gasteiger partial charge in [-0.2, -0.15) is 5.10 Å². The number of pyridine rings is 1. The Hall–Kier alpha value is -4.24. The quantitative estimate of drug-likeness (QED) is 0.303. The minimum Gasteiger partial charge on any atom is -0.349 e. The van der Waals surface area contributed by atoms with Gasteiger partial charge in [0.25, 0.3) is 5.56 Å². The first kappa shape index (κ1) is 24.1. The van der Waals surface area contributed by atoms with Crippen LogP contribution in [0.1, 0.15) is 25.1 Å². The van der Waals surface area contributed by atoms with Gasteiger partial charge in [-0.1, -0.05) is 38.1 Å². The van der Waals surface area contributed by atoms with Crippen LogP contribution in [-0.2, 0) is 26.7 Å². The lowest BCUT2D eigenvalue weighted by Crippen LogP contribution is -2.41. The molecule has 0 aliphatic heterocycles. The van der Waals surface area contributed by atoms with E-state index in [1.165, 1.54) is 14.7 Å². The SMILES string of the molecule is CC(C)Cn1c(=O)n(Cc2ccccn2)c(=O)c2c(-c3cccn3C)n(Cc3csc4ccccc34)nc21. The molecule has 5 heterocycles. The fourth-order valence-corrected chi connectivity index (χ4v) is 5.97. The van der Waals surface area contributed by atoms with Gasteiger partial charge in [0.15, 0.2) is 5.65 Å². The van der Waals surface area contributed by atoms with Crippen LogP contribution < -0.4 is 11.2 Å². The molecule has 0 aliphatic rings. The van der Waals surface area contributed by atoms with Crippen LogP contribution >= 0.6 is 11.3 Å². The lowest BCUT2D eigenvalue weighted by Gasteiger charge is -2.13. The summed E-state index contributed by atoms with van der Waals surface area (Å²) in [4.78, 5) is 32.2. The van der Waals surface area contributed by atoms with Crippen LogP contribution in [-0.4, -0.2) is 28.5 Å². The highest BCUT2D eigenvalue weighted by Gasteiger charge is 2.25. The number of fused-ring (bicyclic) bond motifs is 2. The Labute approximate surface area is 223 Å². The van der Waals surface area contributed by atoms with E-state index in [4.69, 9.17) is 5.10 Å². The van der Waals surface area contributed by atoms with Crippen LogP contribution in [0.5, 0.6) is 0 Å². The van der Waals surface area contributed by atoms with E-state index in [9.17, 15) is 9.59 Å². The second kappa shape index (κ2) is 9.57. The van der Waals surface area contributed by atoms with E-state index in [1.54, 1.807) is 22.1 Å². The molecule has 192 valence electrons. The van der Waals surface area contributed by atoms with Gasteiger partial charge in [0, 0.05) is 30.7 Å². The molecule has 0 atom stereocenters. The van der Waals surface area contributed by atoms with Crippen molar-refractivity contribution in [3.05, 3.63) is 104 Å². The predicted molar refractivity (Wildman–Crippen MR) is 152 cm³/mol. The summed E-state index contributed by atoms with van der Waals surface area (Å²) >= 11 is 1.69. The normalized spacial score (nSPS) is 11.8. The molecule has 6 aromatic rings. The van der Waals surface area contributed by atoms with E-state index < -0.39 is 0 Å². The summed E-state index contributed by atoms with van der Waals surface area (Å²) in [5, 5.41) is 8.72. The first-order chi connectivity index (χ1) is 18.4. The Balaban J connectivity index is 1.65. The van der Waals surface area contributed by atoms with E-state index in [2.05, 4.69) is 36.3 Å². The molecule has 0 unspecified atom stereocenters. The van der Waals surface area contributed by atoms with Crippen LogP contribution in [0.2, 0.25) is 0 Å². The maximum Gasteiger partial charge on any atom is 0.333 e. The summed E-state index contributed by atoms with van der Waals surface area (Å²) in [5.74, 6) is 0.182. The first-order valence-corrected chi connectivity index (χ1v) is 13.5. The molecular weight excluding hydrogens is 496 g/mol. The van der Waals surface area contributed by atoms with Crippen molar-refractivity contribution in [2.24, 2.45) is 13.0 Å². The highest BCUT2D eigenvalue weighted by Crippen LogP contribution is 2.31. The summed E-state index contributed by atoms with van der Waals surface area (Å²) in [6, 6.07) is 17.7. The van der Waals surface area contributed by atoms with Gasteiger partial charge in [-0.15, -0.1) is 11.3 Å². The zero-order valence-corrected chi connectivity index (χ0v) is 22.4. The van der Waals surface area contributed by atoms with Crippen LogP contribution in [0.4, 0.5) is 0 Å². The number of nitrogens with zero attached hydrogens (tertiary/aromatic N) is 6. The van der Waals surface area contributed by atoms with E-state index in [1.807, 2.05) is 65.0 Å². The van der Waals surface area contributed by atoms with Crippen molar-refractivity contribution in [2.45, 2.75) is 33.5 Å². The first-order valence-electron chi connectivity index (χ1n) is 12.6. The number of rotatable bonds is 7. The number of hydrogen-bond acceptors (Lipinski definition) is 5. The third-order valence-corrected chi connectivity index (χ3v) is 7.78. The van der Waals surface area contributed by atoms with E-state index in [-0.39, 0.29) is 23.7 Å². The van der Waals surface area contributed by atoms with Crippen molar-refractivity contribution in [3.8, 4) is 11.4 Å². The van der Waals surface area contributed by atoms with Gasteiger partial charge in [0.05, 0.1) is 24.5 Å². The molecule has 0 N–H and O–H groups in total. The summed E-state index contributed by atoms with van der Waals surface area (Å²) in [5.41, 5.74) is 3.05. The average molecular weight is 525 g/mol. The summed E-state index contributed by atoms with van der Waals surface area (Å²) in [6.07, 6.45) is 3.62. The smallest absolute Gasteiger partial charge is 0.333 e. The van der Waals surface area contributed by atoms with Crippen molar-refractivity contribution in [1.82, 2.24) is 28.5 Å². The fraction of sp³-hybridized carbons (Fsp3) is 0.241. The van der Waals surface area contributed by atoms with Crippen molar-refractivity contribution >= 4 is 32.5 Å². The molecule has 8 nitrogen and oxygen atoms in total. The zero-order chi connectivity index (χ0) is 26.4. The van der Waals surface area contributed by atoms with Crippen LogP contribution in [0.15, 0.2) is 82.0 Å². The van der Waals surface area contributed by atoms with Gasteiger partial charge in [0.2, 0.25) is 0 Å². The topological polar surface area (TPSA) is 79.6 Å². The van der Waals surface area contributed by atoms with Crippen LogP contribution in [0.3, 0.4) is 0 Å². The van der Waals surface area contributed by atoms with Gasteiger partial charge in [-0.3, -0.25) is 23.6 Å². The van der Waals surface area contributed by atoms with Gasteiger partial charge in [-0.25, -0.2) is 4.79 Å². The van der Waals surface area contributed by atoms with Crippen molar-refractivity contribution in [1.29, 1.82) is 0 Å². The van der Waals surface area contributed by atoms with Crippen molar-refractivity contribution in [3.63, 3.8) is 0 Å². The molecule has 0 fully saturated rings. The van der Waals surface area contributed by atoms with Crippen LogP contribution in [0.25, 0.3) is 32.5 Å². The number of aryl methyl sites for hydroxylation is 1.